The average molecular weight is 473 g/mol. The molecule has 1 aliphatic rings. The highest BCUT2D eigenvalue weighted by Crippen LogP contribution is 2.36. The van der Waals surface area contributed by atoms with E-state index in [2.05, 4.69) is 15.4 Å². The van der Waals surface area contributed by atoms with E-state index < -0.39 is 15.9 Å². The van der Waals surface area contributed by atoms with Gasteiger partial charge < -0.3 is 15.8 Å². The Kier molecular flexibility index (Phi) is 5.79. The van der Waals surface area contributed by atoms with Gasteiger partial charge in [0, 0.05) is 48.7 Å². The van der Waals surface area contributed by atoms with Crippen LogP contribution in [0.2, 0.25) is 0 Å². The Balaban J connectivity index is 1.73. The molecular weight excluding hydrogens is 444 g/mol. The van der Waals surface area contributed by atoms with Gasteiger partial charge in [-0.05, 0) is 24.0 Å². The van der Waals surface area contributed by atoms with Crippen molar-refractivity contribution in [1.29, 1.82) is 0 Å². The highest BCUT2D eigenvalue weighted by atomic mass is 32.2. The zero-order valence-electron chi connectivity index (χ0n) is 19.1. The molecule has 3 aromatic heterocycles. The predicted octanol–water partition coefficient (Wildman–Crippen LogP) is 1.98. The molecule has 4 rings (SSSR count). The van der Waals surface area contributed by atoms with Crippen LogP contribution in [0, 0.1) is 5.41 Å². The first-order chi connectivity index (χ1) is 15.5. The molecule has 1 amide bonds. The maximum absolute atomic E-state index is 12.2. The van der Waals surface area contributed by atoms with Crippen molar-refractivity contribution >= 4 is 27.1 Å². The third kappa shape index (κ3) is 4.51. The van der Waals surface area contributed by atoms with Gasteiger partial charge in [-0.25, -0.2) is 22.2 Å². The van der Waals surface area contributed by atoms with Crippen LogP contribution in [-0.4, -0.2) is 65.7 Å². The number of anilines is 1. The number of amides is 1. The summed E-state index contributed by atoms with van der Waals surface area (Å²) < 4.78 is 32.4. The second-order valence-corrected chi connectivity index (χ2v) is 11.0. The van der Waals surface area contributed by atoms with Crippen molar-refractivity contribution in [3.8, 4) is 17.0 Å². The summed E-state index contributed by atoms with van der Waals surface area (Å²) in [7, 11) is -1.72. The number of ether oxygens (including phenoxy) is 1. The number of aromatic nitrogens is 3. The molecule has 33 heavy (non-hydrogen) atoms. The van der Waals surface area contributed by atoms with Gasteiger partial charge in [-0.15, -0.1) is 0 Å². The van der Waals surface area contributed by atoms with E-state index in [0.29, 0.717) is 36.6 Å². The maximum Gasteiger partial charge on any atom is 0.252 e. The van der Waals surface area contributed by atoms with Gasteiger partial charge >= 0.3 is 0 Å². The molecule has 10 nitrogen and oxygen atoms in total. The summed E-state index contributed by atoms with van der Waals surface area (Å²) >= 11 is 0. The summed E-state index contributed by atoms with van der Waals surface area (Å²) in [4.78, 5) is 16.5. The number of hydrogen-bond donors (Lipinski definition) is 2. The molecule has 3 aromatic rings. The fraction of sp³-hybridized carbons (Fsp3) is 0.409. The van der Waals surface area contributed by atoms with Crippen LogP contribution in [0.15, 0.2) is 36.8 Å². The minimum atomic E-state index is -3.28. The summed E-state index contributed by atoms with van der Waals surface area (Å²) in [5, 5.41) is 7.86. The van der Waals surface area contributed by atoms with Crippen LogP contribution in [0.25, 0.3) is 16.6 Å². The van der Waals surface area contributed by atoms with E-state index in [-0.39, 0.29) is 17.0 Å². The molecule has 1 fully saturated rings. The van der Waals surface area contributed by atoms with Crippen molar-refractivity contribution in [3.63, 3.8) is 0 Å². The van der Waals surface area contributed by atoms with E-state index in [1.54, 1.807) is 23.9 Å². The Morgan fingerprint density at radius 2 is 2.03 bits per heavy atom. The summed E-state index contributed by atoms with van der Waals surface area (Å²) in [5.74, 6) is -0.0746. The lowest BCUT2D eigenvalue weighted by Gasteiger charge is -2.44. The molecule has 0 radical (unpaired) electrons. The third-order valence-electron chi connectivity index (χ3n) is 6.16. The number of piperidine rings is 1. The topological polar surface area (TPSA) is 132 Å². The molecule has 0 spiro atoms. The van der Waals surface area contributed by atoms with Crippen molar-refractivity contribution in [3.05, 3.63) is 42.4 Å². The highest BCUT2D eigenvalue weighted by molar-refractivity contribution is 7.88. The van der Waals surface area contributed by atoms with E-state index in [4.69, 9.17) is 10.5 Å². The van der Waals surface area contributed by atoms with Gasteiger partial charge in [0.2, 0.25) is 15.9 Å². The normalized spacial score (nSPS) is 18.8. The van der Waals surface area contributed by atoms with Crippen molar-refractivity contribution in [1.82, 2.24) is 18.9 Å². The Labute approximate surface area is 192 Å². The van der Waals surface area contributed by atoms with Crippen LogP contribution in [0.5, 0.6) is 5.88 Å². The van der Waals surface area contributed by atoms with Crippen LogP contribution < -0.4 is 15.8 Å². The minimum Gasteiger partial charge on any atom is -0.481 e. The van der Waals surface area contributed by atoms with Crippen molar-refractivity contribution in [2.45, 2.75) is 26.3 Å². The number of nitrogens with two attached hydrogens (primary N) is 1. The number of hydrogen-bond acceptors (Lipinski definition) is 7. The number of rotatable bonds is 6. The molecule has 0 aromatic carbocycles. The fourth-order valence-corrected chi connectivity index (χ4v) is 5.26. The first-order valence-electron chi connectivity index (χ1n) is 10.5. The van der Waals surface area contributed by atoms with Crippen LogP contribution in [0.3, 0.4) is 0 Å². The monoisotopic (exact) mass is 472 g/mol. The highest BCUT2D eigenvalue weighted by Gasteiger charge is 2.39. The molecule has 1 aliphatic heterocycles. The number of pyridine rings is 1. The van der Waals surface area contributed by atoms with Gasteiger partial charge in [-0.1, -0.05) is 13.8 Å². The SMILES string of the molecule is COc1ccc(-c2cc3c(N[C@@H]4CCN(S(C)(=O)=O)CC4(C)C)c(C(N)=O)cnn3c2)cn1. The number of nitrogens with zero attached hydrogens (tertiary/aromatic N) is 4. The Morgan fingerprint density at radius 3 is 2.61 bits per heavy atom. The van der Waals surface area contributed by atoms with E-state index in [9.17, 15) is 13.2 Å². The summed E-state index contributed by atoms with van der Waals surface area (Å²) in [6.45, 7) is 4.80. The van der Waals surface area contributed by atoms with Crippen molar-refractivity contribution < 1.29 is 17.9 Å². The van der Waals surface area contributed by atoms with Gasteiger partial charge in [0.1, 0.15) is 0 Å². The molecule has 0 bridgehead atoms. The largest absolute Gasteiger partial charge is 0.481 e. The standard InChI is InChI=1S/C22H28N6O4S/c1-22(2)13-27(33(4,30)31)8-7-18(22)26-20-16(21(23)29)11-25-28-12-15(9-17(20)28)14-5-6-19(32-3)24-10-14/h5-6,9-12,18,26H,7-8,13H2,1-4H3,(H2,23,29)/t18-/m1/s1. The lowest BCUT2D eigenvalue weighted by atomic mass is 9.79. The number of primary amides is 1. The number of methoxy groups -OCH3 is 1. The van der Waals surface area contributed by atoms with Gasteiger partial charge in [0.15, 0.2) is 0 Å². The van der Waals surface area contributed by atoms with Gasteiger partial charge in [0.05, 0.1) is 36.3 Å². The van der Waals surface area contributed by atoms with E-state index in [1.165, 1.54) is 16.8 Å². The van der Waals surface area contributed by atoms with Crippen molar-refractivity contribution in [2.75, 3.05) is 31.8 Å². The molecule has 4 heterocycles. The second kappa shape index (κ2) is 8.31. The maximum atomic E-state index is 12.2. The lowest BCUT2D eigenvalue weighted by molar-refractivity contribution is 0.1000. The van der Waals surface area contributed by atoms with E-state index in [0.717, 1.165) is 11.1 Å². The van der Waals surface area contributed by atoms with E-state index in [1.807, 2.05) is 32.2 Å². The Morgan fingerprint density at radius 1 is 1.27 bits per heavy atom. The molecule has 11 heteroatoms. The van der Waals surface area contributed by atoms with Gasteiger partial charge in [-0.2, -0.15) is 5.10 Å². The fourth-order valence-electron chi connectivity index (χ4n) is 4.26. The molecule has 0 unspecified atom stereocenters. The smallest absolute Gasteiger partial charge is 0.252 e. The van der Waals surface area contributed by atoms with Crippen LogP contribution in [0.1, 0.15) is 30.6 Å². The quantitative estimate of drug-likeness (QED) is 0.561. The first kappa shape index (κ1) is 23.0. The number of sulfonamides is 1. The van der Waals surface area contributed by atoms with Crippen LogP contribution in [0.4, 0.5) is 5.69 Å². The predicted molar refractivity (Wildman–Crippen MR) is 126 cm³/mol. The van der Waals surface area contributed by atoms with Crippen LogP contribution in [-0.2, 0) is 10.0 Å². The minimum absolute atomic E-state index is 0.0826. The lowest BCUT2D eigenvalue weighted by Crippen LogP contribution is -2.53. The Bertz CT molecular complexity index is 1300. The summed E-state index contributed by atoms with van der Waals surface area (Å²) in [6, 6.07) is 5.51. The number of carbonyl (C=O) groups excluding carboxylic acids is 1. The number of carbonyl (C=O) groups is 1. The third-order valence-corrected chi connectivity index (χ3v) is 7.41. The van der Waals surface area contributed by atoms with Gasteiger partial charge in [0.25, 0.3) is 5.91 Å². The second-order valence-electron chi connectivity index (χ2n) is 9.02. The molecule has 0 saturated carbocycles. The van der Waals surface area contributed by atoms with E-state index >= 15 is 0 Å². The zero-order valence-corrected chi connectivity index (χ0v) is 19.9. The Hall–Kier alpha value is -3.18. The number of fused-ring (bicyclic) bond motifs is 1. The molecule has 176 valence electrons. The van der Waals surface area contributed by atoms with Gasteiger partial charge in [-0.3, -0.25) is 4.79 Å². The molecule has 0 aliphatic carbocycles. The van der Waals surface area contributed by atoms with Crippen LogP contribution >= 0.6 is 0 Å². The average Bonchev–Trinajstić information content (AvgIpc) is 3.19. The molecule has 3 N–H and O–H groups in total. The molecule has 1 atom stereocenters. The number of nitrogens with one attached hydrogen (secondary N) is 1. The zero-order chi connectivity index (χ0) is 24.0. The molecular formula is C22H28N6O4S. The molecule has 1 saturated heterocycles. The summed E-state index contributed by atoms with van der Waals surface area (Å²) in [5.41, 5.74) is 8.58. The summed E-state index contributed by atoms with van der Waals surface area (Å²) in [6.07, 6.45) is 6.82. The van der Waals surface area contributed by atoms with Crippen molar-refractivity contribution in [2.24, 2.45) is 11.1 Å². The first-order valence-corrected chi connectivity index (χ1v) is 12.4.